The number of piperazine rings is 1. The minimum Gasteiger partial charge on any atom is -0.444 e. The summed E-state index contributed by atoms with van der Waals surface area (Å²) >= 11 is 0. The van der Waals surface area contributed by atoms with E-state index in [1.54, 1.807) is 20.8 Å². The summed E-state index contributed by atoms with van der Waals surface area (Å²) in [5.74, 6) is -0.967. The molecule has 0 saturated carbocycles. The average molecular weight is 426 g/mol. The number of ether oxygens (including phenoxy) is 1. The molecule has 1 aromatic carbocycles. The Morgan fingerprint density at radius 1 is 0.793 bits per heavy atom. The van der Waals surface area contributed by atoms with Crippen LogP contribution in [0.3, 0.4) is 0 Å². The Morgan fingerprint density at radius 3 is 1.59 bits per heavy atom. The Balaban J connectivity index is 2.18. The molecule has 1 aliphatic heterocycles. The first-order valence-electron chi connectivity index (χ1n) is 8.64. The van der Waals surface area contributed by atoms with Crippen molar-refractivity contribution < 1.29 is 40.7 Å². The van der Waals surface area contributed by atoms with Crippen LogP contribution in [0.5, 0.6) is 0 Å². The van der Waals surface area contributed by atoms with Crippen LogP contribution in [0.2, 0.25) is 0 Å². The Morgan fingerprint density at radius 2 is 1.21 bits per heavy atom. The molecule has 0 aliphatic carbocycles. The maximum Gasteiger partial charge on any atom is 0.416 e. The molecule has 2 rings (SSSR count). The second-order valence-corrected chi connectivity index (χ2v) is 7.55. The van der Waals surface area contributed by atoms with Gasteiger partial charge in [0.25, 0.3) is 5.91 Å². The van der Waals surface area contributed by atoms with Crippen LogP contribution in [0.25, 0.3) is 0 Å². The summed E-state index contributed by atoms with van der Waals surface area (Å²) in [4.78, 5) is 27.0. The van der Waals surface area contributed by atoms with E-state index in [0.717, 1.165) is 4.90 Å². The molecule has 5 nitrogen and oxygen atoms in total. The second kappa shape index (κ2) is 7.75. The Bertz CT molecular complexity index is 743. The van der Waals surface area contributed by atoms with Gasteiger partial charge < -0.3 is 14.5 Å². The van der Waals surface area contributed by atoms with Crippen LogP contribution >= 0.6 is 0 Å². The number of hydrogen-bond acceptors (Lipinski definition) is 3. The van der Waals surface area contributed by atoms with Crippen LogP contribution in [0, 0.1) is 0 Å². The zero-order chi connectivity index (χ0) is 22.2. The highest BCUT2D eigenvalue weighted by Gasteiger charge is 2.38. The molecule has 0 N–H and O–H groups in total. The SMILES string of the molecule is CC(C)(C)OC(=O)N1CCN(C(=O)c2cc(C(F)(F)F)cc(C(F)(F)F)c2)CC1. The van der Waals surface area contributed by atoms with Crippen LogP contribution < -0.4 is 0 Å². The van der Waals surface area contributed by atoms with Crippen molar-refractivity contribution in [2.24, 2.45) is 0 Å². The van der Waals surface area contributed by atoms with Crippen molar-refractivity contribution >= 4 is 12.0 Å². The number of hydrogen-bond donors (Lipinski definition) is 0. The van der Waals surface area contributed by atoms with Crippen molar-refractivity contribution in [2.75, 3.05) is 26.2 Å². The van der Waals surface area contributed by atoms with E-state index in [1.807, 2.05) is 0 Å². The summed E-state index contributed by atoms with van der Waals surface area (Å²) in [7, 11) is 0. The Kier molecular flexibility index (Phi) is 6.10. The normalized spacial score (nSPS) is 16.0. The van der Waals surface area contributed by atoms with Crippen molar-refractivity contribution in [3.63, 3.8) is 0 Å². The lowest BCUT2D eigenvalue weighted by Gasteiger charge is -2.35. The molecule has 0 unspecified atom stereocenters. The molecule has 0 spiro atoms. The highest BCUT2D eigenvalue weighted by atomic mass is 19.4. The van der Waals surface area contributed by atoms with Gasteiger partial charge in [-0.15, -0.1) is 0 Å². The lowest BCUT2D eigenvalue weighted by Crippen LogP contribution is -2.51. The van der Waals surface area contributed by atoms with Gasteiger partial charge in [0.1, 0.15) is 5.60 Å². The monoisotopic (exact) mass is 426 g/mol. The van der Waals surface area contributed by atoms with E-state index in [0.29, 0.717) is 12.1 Å². The zero-order valence-electron chi connectivity index (χ0n) is 15.9. The fraction of sp³-hybridized carbons (Fsp3) is 0.556. The molecule has 1 aromatic rings. The first-order chi connectivity index (χ1) is 13.1. The van der Waals surface area contributed by atoms with Crippen molar-refractivity contribution in [1.82, 2.24) is 9.80 Å². The zero-order valence-corrected chi connectivity index (χ0v) is 15.9. The molecule has 1 saturated heterocycles. The van der Waals surface area contributed by atoms with Gasteiger partial charge in [0.05, 0.1) is 11.1 Å². The molecule has 2 amide bonds. The molecule has 0 radical (unpaired) electrons. The van der Waals surface area contributed by atoms with E-state index >= 15 is 0 Å². The highest BCUT2D eigenvalue weighted by Crippen LogP contribution is 2.36. The minimum absolute atomic E-state index is 0.0305. The predicted molar refractivity (Wildman–Crippen MR) is 90.2 cm³/mol. The van der Waals surface area contributed by atoms with E-state index in [-0.39, 0.29) is 32.2 Å². The lowest BCUT2D eigenvalue weighted by molar-refractivity contribution is -0.143. The first-order valence-corrected chi connectivity index (χ1v) is 8.64. The third kappa shape index (κ3) is 6.01. The molecule has 1 fully saturated rings. The molecule has 162 valence electrons. The number of halogens is 6. The van der Waals surface area contributed by atoms with E-state index in [1.165, 1.54) is 4.90 Å². The fourth-order valence-electron chi connectivity index (χ4n) is 2.68. The minimum atomic E-state index is -5.04. The Labute approximate surface area is 163 Å². The number of carbonyl (C=O) groups is 2. The average Bonchev–Trinajstić information content (AvgIpc) is 2.58. The topological polar surface area (TPSA) is 49.9 Å². The number of carbonyl (C=O) groups excluding carboxylic acids is 2. The van der Waals surface area contributed by atoms with Gasteiger partial charge in [0.2, 0.25) is 0 Å². The third-order valence-electron chi connectivity index (χ3n) is 4.05. The summed E-state index contributed by atoms with van der Waals surface area (Å²) in [6.45, 7) is 5.03. The quantitative estimate of drug-likeness (QED) is 0.625. The van der Waals surface area contributed by atoms with Gasteiger partial charge in [-0.05, 0) is 39.0 Å². The number of amides is 2. The lowest BCUT2D eigenvalue weighted by atomic mass is 10.0. The molecule has 11 heteroatoms. The van der Waals surface area contributed by atoms with Crippen LogP contribution in [0.4, 0.5) is 31.1 Å². The fourth-order valence-corrected chi connectivity index (χ4v) is 2.68. The van der Waals surface area contributed by atoms with E-state index in [9.17, 15) is 35.9 Å². The van der Waals surface area contributed by atoms with Crippen LogP contribution in [0.15, 0.2) is 18.2 Å². The third-order valence-corrected chi connectivity index (χ3v) is 4.05. The van der Waals surface area contributed by atoms with Gasteiger partial charge in [-0.2, -0.15) is 26.3 Å². The first kappa shape index (κ1) is 22.8. The summed E-state index contributed by atoms with van der Waals surface area (Å²) in [6, 6.07) is 0.771. The van der Waals surface area contributed by atoms with Crippen LogP contribution in [0.1, 0.15) is 42.3 Å². The van der Waals surface area contributed by atoms with Gasteiger partial charge in [-0.1, -0.05) is 0 Å². The predicted octanol–water partition coefficient (Wildman–Crippen LogP) is 4.42. The van der Waals surface area contributed by atoms with Crippen molar-refractivity contribution in [2.45, 2.75) is 38.7 Å². The largest absolute Gasteiger partial charge is 0.444 e. The molecule has 29 heavy (non-hydrogen) atoms. The smallest absolute Gasteiger partial charge is 0.416 e. The summed E-state index contributed by atoms with van der Waals surface area (Å²) in [5.41, 5.74) is -4.54. The standard InChI is InChI=1S/C18H20F6N2O3/c1-16(2,3)29-15(28)26-6-4-25(5-7-26)14(27)11-8-12(17(19,20)21)10-13(9-11)18(22,23)24/h8-10H,4-7H2,1-3H3. The van der Waals surface area contributed by atoms with Gasteiger partial charge >= 0.3 is 18.4 Å². The van der Waals surface area contributed by atoms with Gasteiger partial charge in [0.15, 0.2) is 0 Å². The highest BCUT2D eigenvalue weighted by molar-refractivity contribution is 5.95. The molecular formula is C18H20F6N2O3. The number of alkyl halides is 6. The van der Waals surface area contributed by atoms with Gasteiger partial charge in [-0.25, -0.2) is 4.79 Å². The Hall–Kier alpha value is -2.46. The molecule has 0 aromatic heterocycles. The molecule has 1 aliphatic rings. The number of rotatable bonds is 1. The van der Waals surface area contributed by atoms with Crippen molar-refractivity contribution in [3.8, 4) is 0 Å². The summed E-state index contributed by atoms with van der Waals surface area (Å²) < 4.78 is 83.0. The second-order valence-electron chi connectivity index (χ2n) is 7.55. The van der Waals surface area contributed by atoms with Crippen molar-refractivity contribution in [3.05, 3.63) is 34.9 Å². The van der Waals surface area contributed by atoms with Crippen molar-refractivity contribution in [1.29, 1.82) is 0 Å². The number of benzene rings is 1. The molecular weight excluding hydrogens is 406 g/mol. The maximum atomic E-state index is 13.0. The van der Waals surface area contributed by atoms with Gasteiger partial charge in [-0.3, -0.25) is 4.79 Å². The van der Waals surface area contributed by atoms with E-state index < -0.39 is 46.6 Å². The number of nitrogens with zero attached hydrogens (tertiary/aromatic N) is 2. The van der Waals surface area contributed by atoms with E-state index in [2.05, 4.69) is 0 Å². The molecule has 0 bridgehead atoms. The maximum absolute atomic E-state index is 13.0. The molecule has 1 heterocycles. The van der Waals surface area contributed by atoms with E-state index in [4.69, 9.17) is 4.74 Å². The summed E-state index contributed by atoms with van der Waals surface area (Å²) in [5, 5.41) is 0. The molecule has 0 atom stereocenters. The summed E-state index contributed by atoms with van der Waals surface area (Å²) in [6.07, 6.45) is -10.7. The van der Waals surface area contributed by atoms with Crippen LogP contribution in [-0.4, -0.2) is 53.6 Å². The van der Waals surface area contributed by atoms with Crippen LogP contribution in [-0.2, 0) is 17.1 Å². The van der Waals surface area contributed by atoms with Gasteiger partial charge in [0, 0.05) is 31.7 Å².